The van der Waals surface area contributed by atoms with Crippen molar-refractivity contribution >= 4 is 11.4 Å². The molecule has 0 atom stereocenters. The largest absolute Gasteiger partial charge is 0.497 e. The molecule has 0 fully saturated rings. The number of benzene rings is 1. The summed E-state index contributed by atoms with van der Waals surface area (Å²) in [5.74, 6) is 2.14. The van der Waals surface area contributed by atoms with Gasteiger partial charge in [-0.3, -0.25) is 4.79 Å². The molecule has 6 heteroatoms. The minimum Gasteiger partial charge on any atom is -0.497 e. The van der Waals surface area contributed by atoms with Gasteiger partial charge in [0.05, 0.1) is 19.7 Å². The number of hydrogen-bond donors (Lipinski definition) is 1. The molecule has 1 aromatic carbocycles. The Balaban J connectivity index is 1.71. The SMILES string of the molecule is COc1ccc(OC)c(CCNC(=O)c2nc(C)n3ccccc23)c1. The summed E-state index contributed by atoms with van der Waals surface area (Å²) in [7, 11) is 3.25. The van der Waals surface area contributed by atoms with E-state index in [1.54, 1.807) is 14.2 Å². The van der Waals surface area contributed by atoms with Gasteiger partial charge in [-0.2, -0.15) is 0 Å². The number of nitrogens with one attached hydrogen (secondary N) is 1. The molecule has 0 aliphatic rings. The first-order valence-corrected chi connectivity index (χ1v) is 8.07. The van der Waals surface area contributed by atoms with Crippen LogP contribution in [0.4, 0.5) is 0 Å². The lowest BCUT2D eigenvalue weighted by Crippen LogP contribution is -2.26. The van der Waals surface area contributed by atoms with Crippen molar-refractivity contribution in [3.05, 3.63) is 59.7 Å². The standard InChI is InChI=1S/C19H21N3O3/c1-13-21-18(16-6-4-5-11-22(13)16)19(23)20-10-9-14-12-15(24-2)7-8-17(14)25-3/h4-8,11-12H,9-10H2,1-3H3,(H,20,23). The first-order valence-electron chi connectivity index (χ1n) is 8.07. The maximum Gasteiger partial charge on any atom is 0.272 e. The van der Waals surface area contributed by atoms with Crippen molar-refractivity contribution in [2.24, 2.45) is 0 Å². The van der Waals surface area contributed by atoms with Gasteiger partial charge in [0.25, 0.3) is 5.91 Å². The predicted octanol–water partition coefficient (Wildman–Crippen LogP) is 2.63. The molecular formula is C19H21N3O3. The maximum atomic E-state index is 12.5. The quantitative estimate of drug-likeness (QED) is 0.750. The fourth-order valence-corrected chi connectivity index (χ4v) is 2.83. The van der Waals surface area contributed by atoms with Crippen LogP contribution in [0.15, 0.2) is 42.6 Å². The number of aromatic nitrogens is 2. The van der Waals surface area contributed by atoms with Crippen LogP contribution >= 0.6 is 0 Å². The minimum atomic E-state index is -0.182. The van der Waals surface area contributed by atoms with E-state index < -0.39 is 0 Å². The number of hydrogen-bond acceptors (Lipinski definition) is 4. The van der Waals surface area contributed by atoms with Gasteiger partial charge in [0.2, 0.25) is 0 Å². The molecule has 0 saturated carbocycles. The molecule has 1 amide bonds. The fourth-order valence-electron chi connectivity index (χ4n) is 2.83. The Bertz CT molecular complexity index is 902. The highest BCUT2D eigenvalue weighted by molar-refractivity contribution is 5.99. The Morgan fingerprint density at radius 3 is 2.80 bits per heavy atom. The Labute approximate surface area is 146 Å². The fraction of sp³-hybridized carbons (Fsp3) is 0.263. The van der Waals surface area contributed by atoms with E-state index in [0.29, 0.717) is 18.7 Å². The monoisotopic (exact) mass is 339 g/mol. The highest BCUT2D eigenvalue weighted by Gasteiger charge is 2.15. The van der Waals surface area contributed by atoms with Crippen molar-refractivity contribution in [3.63, 3.8) is 0 Å². The smallest absolute Gasteiger partial charge is 0.272 e. The molecule has 0 unspecified atom stereocenters. The number of carbonyl (C=O) groups excluding carboxylic acids is 1. The number of ether oxygens (including phenoxy) is 2. The minimum absolute atomic E-state index is 0.182. The van der Waals surface area contributed by atoms with E-state index in [1.807, 2.05) is 53.9 Å². The molecule has 1 N–H and O–H groups in total. The van der Waals surface area contributed by atoms with Gasteiger partial charge in [-0.05, 0) is 49.2 Å². The van der Waals surface area contributed by atoms with Crippen LogP contribution in [0.5, 0.6) is 11.5 Å². The summed E-state index contributed by atoms with van der Waals surface area (Å²) in [5.41, 5.74) is 2.22. The number of nitrogens with zero attached hydrogens (tertiary/aromatic N) is 2. The summed E-state index contributed by atoms with van der Waals surface area (Å²) >= 11 is 0. The van der Waals surface area contributed by atoms with Gasteiger partial charge in [0.1, 0.15) is 17.3 Å². The van der Waals surface area contributed by atoms with E-state index in [1.165, 1.54) is 0 Å². The van der Waals surface area contributed by atoms with Gasteiger partial charge in [-0.15, -0.1) is 0 Å². The number of fused-ring (bicyclic) bond motifs is 1. The van der Waals surface area contributed by atoms with Gasteiger partial charge in [-0.25, -0.2) is 4.98 Å². The van der Waals surface area contributed by atoms with Crippen molar-refractivity contribution in [2.75, 3.05) is 20.8 Å². The number of methoxy groups -OCH3 is 2. The molecule has 25 heavy (non-hydrogen) atoms. The Morgan fingerprint density at radius 2 is 2.04 bits per heavy atom. The molecule has 2 heterocycles. The lowest BCUT2D eigenvalue weighted by Gasteiger charge is -2.11. The molecule has 2 aromatic heterocycles. The zero-order chi connectivity index (χ0) is 17.8. The van der Waals surface area contributed by atoms with E-state index in [-0.39, 0.29) is 5.91 Å². The number of pyridine rings is 1. The molecular weight excluding hydrogens is 318 g/mol. The zero-order valence-corrected chi connectivity index (χ0v) is 14.6. The summed E-state index contributed by atoms with van der Waals surface area (Å²) in [6, 6.07) is 11.3. The van der Waals surface area contributed by atoms with Crippen LogP contribution in [0, 0.1) is 6.92 Å². The van der Waals surface area contributed by atoms with Crippen LogP contribution in [0.1, 0.15) is 21.9 Å². The topological polar surface area (TPSA) is 64.9 Å². The Hall–Kier alpha value is -3.02. The third-order valence-corrected chi connectivity index (χ3v) is 4.11. The highest BCUT2D eigenvalue weighted by Crippen LogP contribution is 2.24. The summed E-state index contributed by atoms with van der Waals surface area (Å²) in [6.45, 7) is 2.36. The van der Waals surface area contributed by atoms with E-state index in [4.69, 9.17) is 9.47 Å². The van der Waals surface area contributed by atoms with Crippen LogP contribution < -0.4 is 14.8 Å². The van der Waals surface area contributed by atoms with Crippen molar-refractivity contribution in [2.45, 2.75) is 13.3 Å². The maximum absolute atomic E-state index is 12.5. The normalized spacial score (nSPS) is 10.7. The van der Waals surface area contributed by atoms with Crippen LogP contribution in [0.25, 0.3) is 5.52 Å². The van der Waals surface area contributed by atoms with Crippen LogP contribution in [-0.4, -0.2) is 36.1 Å². The number of aryl methyl sites for hydroxylation is 1. The van der Waals surface area contributed by atoms with E-state index >= 15 is 0 Å². The summed E-state index contributed by atoms with van der Waals surface area (Å²) in [4.78, 5) is 16.9. The third kappa shape index (κ3) is 3.42. The molecule has 3 rings (SSSR count). The van der Waals surface area contributed by atoms with Gasteiger partial charge in [0.15, 0.2) is 5.69 Å². The lowest BCUT2D eigenvalue weighted by atomic mass is 10.1. The Kier molecular flexibility index (Phi) is 4.88. The molecule has 0 spiro atoms. The first kappa shape index (κ1) is 16.8. The van der Waals surface area contributed by atoms with E-state index in [0.717, 1.165) is 28.4 Å². The van der Waals surface area contributed by atoms with E-state index in [2.05, 4.69) is 10.3 Å². The summed E-state index contributed by atoms with van der Waals surface area (Å²) in [6.07, 6.45) is 2.53. The highest BCUT2D eigenvalue weighted by atomic mass is 16.5. The second-order valence-electron chi connectivity index (χ2n) is 5.65. The van der Waals surface area contributed by atoms with Crippen molar-refractivity contribution in [1.82, 2.24) is 14.7 Å². The summed E-state index contributed by atoms with van der Waals surface area (Å²) in [5, 5.41) is 2.93. The molecule has 0 radical (unpaired) electrons. The lowest BCUT2D eigenvalue weighted by molar-refractivity contribution is 0.0951. The van der Waals surface area contributed by atoms with Gasteiger partial charge < -0.3 is 19.2 Å². The summed E-state index contributed by atoms with van der Waals surface area (Å²) < 4.78 is 12.5. The van der Waals surface area contributed by atoms with E-state index in [9.17, 15) is 4.79 Å². The third-order valence-electron chi connectivity index (χ3n) is 4.11. The molecule has 0 aliphatic heterocycles. The number of amides is 1. The number of carbonyl (C=O) groups is 1. The molecule has 0 saturated heterocycles. The van der Waals surface area contributed by atoms with Crippen molar-refractivity contribution < 1.29 is 14.3 Å². The Morgan fingerprint density at radius 1 is 1.20 bits per heavy atom. The average Bonchev–Trinajstić information content (AvgIpc) is 2.99. The van der Waals surface area contributed by atoms with Crippen LogP contribution in [0.2, 0.25) is 0 Å². The number of imidazole rings is 1. The van der Waals surface area contributed by atoms with Crippen molar-refractivity contribution in [1.29, 1.82) is 0 Å². The molecule has 6 nitrogen and oxygen atoms in total. The molecule has 3 aromatic rings. The predicted molar refractivity (Wildman–Crippen MR) is 95.5 cm³/mol. The van der Waals surface area contributed by atoms with Gasteiger partial charge in [0, 0.05) is 12.7 Å². The molecule has 0 bridgehead atoms. The first-order chi connectivity index (χ1) is 12.1. The second-order valence-corrected chi connectivity index (χ2v) is 5.65. The zero-order valence-electron chi connectivity index (χ0n) is 14.6. The molecule has 130 valence electrons. The van der Waals surface area contributed by atoms with Crippen LogP contribution in [-0.2, 0) is 6.42 Å². The van der Waals surface area contributed by atoms with Gasteiger partial charge >= 0.3 is 0 Å². The van der Waals surface area contributed by atoms with Crippen molar-refractivity contribution in [3.8, 4) is 11.5 Å². The number of rotatable bonds is 6. The second kappa shape index (κ2) is 7.25. The molecule has 0 aliphatic carbocycles. The van der Waals surface area contributed by atoms with Gasteiger partial charge in [-0.1, -0.05) is 6.07 Å². The van der Waals surface area contributed by atoms with Crippen LogP contribution in [0.3, 0.4) is 0 Å². The average molecular weight is 339 g/mol.